The van der Waals surface area contributed by atoms with Crippen molar-refractivity contribution in [2.75, 3.05) is 39.1 Å². The van der Waals surface area contributed by atoms with Crippen LogP contribution < -0.4 is 26.4 Å². The first-order valence-corrected chi connectivity index (χ1v) is 14.8. The number of carbonyl (C=O) groups excluding carboxylic acids is 3. The van der Waals surface area contributed by atoms with Gasteiger partial charge in [0.15, 0.2) is 17.3 Å². The third-order valence-corrected chi connectivity index (χ3v) is 6.66. The topological polar surface area (TPSA) is 143 Å². The average molecular weight is 611 g/mol. The summed E-state index contributed by atoms with van der Waals surface area (Å²) in [5.74, 6) is -2.94. The van der Waals surface area contributed by atoms with Gasteiger partial charge in [0.1, 0.15) is 17.6 Å². The molecule has 3 aromatic rings. The Bertz CT molecular complexity index is 1330. The van der Waals surface area contributed by atoms with E-state index in [4.69, 9.17) is 10.5 Å². The maximum atomic E-state index is 14.1. The van der Waals surface area contributed by atoms with Crippen LogP contribution in [-0.4, -0.2) is 62.9 Å². The fourth-order valence-electron chi connectivity index (χ4n) is 4.11. The largest absolute Gasteiger partial charge is 0.507 e. The molecule has 0 spiro atoms. The van der Waals surface area contributed by atoms with E-state index in [-0.39, 0.29) is 16.9 Å². The van der Waals surface area contributed by atoms with E-state index in [9.17, 15) is 23.9 Å². The van der Waals surface area contributed by atoms with Crippen LogP contribution in [0.25, 0.3) is 0 Å². The smallest absolute Gasteiger partial charge is 0.248 e. The van der Waals surface area contributed by atoms with Crippen molar-refractivity contribution >= 4 is 23.7 Å². The monoisotopic (exact) mass is 610 g/mol. The number of halogens is 1. The van der Waals surface area contributed by atoms with Crippen molar-refractivity contribution < 1.29 is 28.6 Å². The van der Waals surface area contributed by atoms with Crippen molar-refractivity contribution in [2.45, 2.75) is 53.0 Å². The SMILES string of the molecule is CC.CCCCNc1ccc(C=O)cc1C.CNC1CCNC1.COc1ccc(O)c(C(=O)c2ccc(C(N)=O)cc2)c1F. The first-order chi connectivity index (χ1) is 21.2. The van der Waals surface area contributed by atoms with Crippen LogP contribution in [0.2, 0.25) is 0 Å². The van der Waals surface area contributed by atoms with Crippen molar-refractivity contribution in [3.05, 3.63) is 88.2 Å². The molecule has 10 heteroatoms. The Morgan fingerprint density at radius 1 is 1.11 bits per heavy atom. The molecule has 6 N–H and O–H groups in total. The number of ether oxygens (including phenoxy) is 1. The summed E-state index contributed by atoms with van der Waals surface area (Å²) in [5, 5.41) is 19.5. The zero-order chi connectivity index (χ0) is 33.1. The van der Waals surface area contributed by atoms with Crippen LogP contribution in [0.3, 0.4) is 0 Å². The number of aldehydes is 1. The highest BCUT2D eigenvalue weighted by molar-refractivity contribution is 6.11. The maximum Gasteiger partial charge on any atom is 0.248 e. The predicted molar refractivity (Wildman–Crippen MR) is 175 cm³/mol. The molecule has 1 amide bonds. The number of likely N-dealkylation sites (N-methyl/N-ethyl adjacent to an activating group) is 1. The lowest BCUT2D eigenvalue weighted by Gasteiger charge is -2.09. The van der Waals surface area contributed by atoms with E-state index in [1.807, 2.05) is 46.0 Å². The number of hydrogen-bond donors (Lipinski definition) is 5. The number of unbranched alkanes of at least 4 members (excludes halogenated alkanes) is 1. The van der Waals surface area contributed by atoms with Crippen molar-refractivity contribution in [3.8, 4) is 11.5 Å². The number of anilines is 1. The number of phenolic OH excluding ortho intramolecular Hbond substituents is 1. The Morgan fingerprint density at radius 2 is 1.77 bits per heavy atom. The van der Waals surface area contributed by atoms with E-state index < -0.39 is 28.8 Å². The molecule has 240 valence electrons. The standard InChI is InChI=1S/C15H12FNO4.C12H17NO.C5H12N2.C2H6/c1-21-11-7-6-10(18)12(13(11)16)14(19)8-2-4-9(5-3-8)15(17)20;1-3-4-7-13-12-6-5-11(9-14)8-10(12)2;1-6-5-2-3-7-4-5;1-2/h2-7,18H,1H3,(H2,17,20);5-6,8-9,13H,3-4,7H2,1-2H3;5-7H,2-4H2,1H3;1-2H3. The molecular weight excluding hydrogens is 563 g/mol. The number of aromatic hydroxyl groups is 1. The molecule has 0 saturated carbocycles. The summed E-state index contributed by atoms with van der Waals surface area (Å²) in [6.45, 7) is 11.5. The minimum atomic E-state index is -0.943. The second kappa shape index (κ2) is 20.6. The summed E-state index contributed by atoms with van der Waals surface area (Å²) >= 11 is 0. The second-order valence-corrected chi connectivity index (χ2v) is 9.70. The molecule has 0 radical (unpaired) electrons. The minimum Gasteiger partial charge on any atom is -0.507 e. The van der Waals surface area contributed by atoms with Gasteiger partial charge in [0, 0.05) is 41.5 Å². The molecule has 0 aliphatic carbocycles. The fraction of sp³-hybridized carbons (Fsp3) is 0.382. The van der Waals surface area contributed by atoms with Gasteiger partial charge in [-0.2, -0.15) is 0 Å². The molecule has 1 fully saturated rings. The van der Waals surface area contributed by atoms with E-state index in [1.165, 1.54) is 69.3 Å². The summed E-state index contributed by atoms with van der Waals surface area (Å²) < 4.78 is 18.9. The molecule has 4 rings (SSSR count). The Balaban J connectivity index is 0.000000360. The first kappa shape index (κ1) is 37.7. The normalized spacial score (nSPS) is 13.1. The number of methoxy groups -OCH3 is 1. The zero-order valence-electron chi connectivity index (χ0n) is 26.6. The van der Waals surface area contributed by atoms with Gasteiger partial charge in [-0.15, -0.1) is 0 Å². The van der Waals surface area contributed by atoms with Crippen LogP contribution in [0.15, 0.2) is 54.6 Å². The Hall–Kier alpha value is -4.28. The summed E-state index contributed by atoms with van der Waals surface area (Å²) in [7, 11) is 3.27. The molecule has 1 heterocycles. The van der Waals surface area contributed by atoms with Crippen LogP contribution in [0, 0.1) is 12.7 Å². The lowest BCUT2D eigenvalue weighted by molar-refractivity contribution is 0.0995. The Kier molecular flexibility index (Phi) is 17.7. The molecule has 3 aromatic carbocycles. The van der Waals surface area contributed by atoms with Crippen molar-refractivity contribution in [3.63, 3.8) is 0 Å². The summed E-state index contributed by atoms with van der Waals surface area (Å²) in [5.41, 5.74) is 7.95. The van der Waals surface area contributed by atoms with E-state index in [2.05, 4.69) is 22.9 Å². The molecule has 1 atom stereocenters. The zero-order valence-corrected chi connectivity index (χ0v) is 26.6. The van der Waals surface area contributed by atoms with Crippen LogP contribution in [-0.2, 0) is 0 Å². The van der Waals surface area contributed by atoms with Crippen molar-refractivity contribution in [1.82, 2.24) is 10.6 Å². The number of hydrogen-bond acceptors (Lipinski definition) is 8. The van der Waals surface area contributed by atoms with Gasteiger partial charge in [0.2, 0.25) is 5.91 Å². The minimum absolute atomic E-state index is 0.113. The van der Waals surface area contributed by atoms with E-state index in [0.717, 1.165) is 42.2 Å². The molecule has 1 aliphatic heterocycles. The number of aryl methyl sites for hydroxylation is 1. The number of carbonyl (C=O) groups is 3. The highest BCUT2D eigenvalue weighted by Gasteiger charge is 2.22. The van der Waals surface area contributed by atoms with Gasteiger partial charge in [-0.05, 0) is 81.4 Å². The number of nitrogens with two attached hydrogens (primary N) is 1. The molecular formula is C34H47FN4O5. The summed E-state index contributed by atoms with van der Waals surface area (Å²) in [6.07, 6.45) is 4.53. The number of benzene rings is 3. The predicted octanol–water partition coefficient (Wildman–Crippen LogP) is 5.48. The van der Waals surface area contributed by atoms with Crippen molar-refractivity contribution in [1.29, 1.82) is 0 Å². The van der Waals surface area contributed by atoms with Crippen LogP contribution in [0.4, 0.5) is 10.1 Å². The van der Waals surface area contributed by atoms with Gasteiger partial charge in [0.05, 0.1) is 7.11 Å². The highest BCUT2D eigenvalue weighted by Crippen LogP contribution is 2.30. The maximum absolute atomic E-state index is 14.1. The molecule has 1 unspecified atom stereocenters. The van der Waals surface area contributed by atoms with Crippen LogP contribution in [0.1, 0.15) is 82.2 Å². The van der Waals surface area contributed by atoms with Gasteiger partial charge < -0.3 is 31.5 Å². The first-order valence-electron chi connectivity index (χ1n) is 14.8. The van der Waals surface area contributed by atoms with E-state index in [0.29, 0.717) is 0 Å². The highest BCUT2D eigenvalue weighted by atomic mass is 19.1. The summed E-state index contributed by atoms with van der Waals surface area (Å²) in [6, 6.07) is 14.2. The molecule has 44 heavy (non-hydrogen) atoms. The molecule has 1 aliphatic rings. The number of primary amides is 1. The fourth-order valence-corrected chi connectivity index (χ4v) is 4.11. The lowest BCUT2D eigenvalue weighted by atomic mass is 10.00. The van der Waals surface area contributed by atoms with Gasteiger partial charge >= 0.3 is 0 Å². The number of phenols is 1. The average Bonchev–Trinajstić information content (AvgIpc) is 3.58. The number of nitrogens with one attached hydrogen (secondary N) is 3. The van der Waals surface area contributed by atoms with Gasteiger partial charge in [0.25, 0.3) is 0 Å². The van der Waals surface area contributed by atoms with E-state index >= 15 is 0 Å². The Morgan fingerprint density at radius 3 is 2.25 bits per heavy atom. The molecule has 1 saturated heterocycles. The number of amides is 1. The Labute approximate surface area is 260 Å². The molecule has 9 nitrogen and oxygen atoms in total. The number of ketones is 1. The summed E-state index contributed by atoms with van der Waals surface area (Å²) in [4.78, 5) is 33.7. The van der Waals surface area contributed by atoms with Crippen LogP contribution >= 0.6 is 0 Å². The second-order valence-electron chi connectivity index (χ2n) is 9.70. The van der Waals surface area contributed by atoms with Gasteiger partial charge in [-0.25, -0.2) is 4.39 Å². The van der Waals surface area contributed by atoms with Crippen LogP contribution in [0.5, 0.6) is 11.5 Å². The lowest BCUT2D eigenvalue weighted by Crippen LogP contribution is -2.26. The third-order valence-electron chi connectivity index (χ3n) is 6.66. The van der Waals surface area contributed by atoms with Gasteiger partial charge in [-0.1, -0.05) is 39.3 Å². The molecule has 0 aromatic heterocycles. The van der Waals surface area contributed by atoms with E-state index in [1.54, 1.807) is 0 Å². The van der Waals surface area contributed by atoms with Gasteiger partial charge in [-0.3, -0.25) is 14.4 Å². The third kappa shape index (κ3) is 11.8. The van der Waals surface area contributed by atoms with Crippen molar-refractivity contribution in [2.24, 2.45) is 5.73 Å². The quantitative estimate of drug-likeness (QED) is 0.115. The molecule has 0 bridgehead atoms. The number of rotatable bonds is 10.